The van der Waals surface area contributed by atoms with Gasteiger partial charge in [0.1, 0.15) is 12.7 Å². The number of rotatable bonds is 6. The molecule has 0 spiro atoms. The molecule has 0 saturated heterocycles. The van der Waals surface area contributed by atoms with Crippen LogP contribution in [0.1, 0.15) is 20.3 Å². The molecule has 78 valence electrons. The van der Waals surface area contributed by atoms with Crippen LogP contribution in [-0.2, 0) is 19.0 Å². The SMILES string of the molecule is CCC(OC)C(COC(C)=O)OC. The molecule has 0 rings (SSSR count). The number of carbonyl (C=O) groups is 1. The smallest absolute Gasteiger partial charge is 0.302 e. The summed E-state index contributed by atoms with van der Waals surface area (Å²) in [6.45, 7) is 3.62. The number of esters is 1. The fourth-order valence-corrected chi connectivity index (χ4v) is 1.11. The van der Waals surface area contributed by atoms with Gasteiger partial charge in [-0.05, 0) is 6.42 Å². The van der Waals surface area contributed by atoms with Crippen molar-refractivity contribution in [2.24, 2.45) is 0 Å². The van der Waals surface area contributed by atoms with Crippen molar-refractivity contribution in [3.8, 4) is 0 Å². The van der Waals surface area contributed by atoms with Crippen molar-refractivity contribution in [2.45, 2.75) is 32.5 Å². The Morgan fingerprint density at radius 3 is 2.08 bits per heavy atom. The lowest BCUT2D eigenvalue weighted by Gasteiger charge is -2.22. The van der Waals surface area contributed by atoms with E-state index in [4.69, 9.17) is 14.2 Å². The van der Waals surface area contributed by atoms with E-state index in [1.807, 2.05) is 6.92 Å². The molecule has 0 fully saturated rings. The first kappa shape index (κ1) is 12.4. The first-order chi connectivity index (χ1) is 6.15. The second-order valence-corrected chi connectivity index (χ2v) is 2.76. The van der Waals surface area contributed by atoms with Crippen molar-refractivity contribution in [3.05, 3.63) is 0 Å². The molecule has 0 N–H and O–H groups in total. The number of carbonyl (C=O) groups excluding carboxylic acids is 1. The summed E-state index contributed by atoms with van der Waals surface area (Å²) in [6.07, 6.45) is 0.624. The quantitative estimate of drug-likeness (QED) is 0.586. The molecular formula is C9H18O4. The highest BCUT2D eigenvalue weighted by Gasteiger charge is 2.20. The highest BCUT2D eigenvalue weighted by molar-refractivity contribution is 5.65. The molecule has 2 atom stereocenters. The van der Waals surface area contributed by atoms with Gasteiger partial charge in [0, 0.05) is 21.1 Å². The highest BCUT2D eigenvalue weighted by Crippen LogP contribution is 2.07. The lowest BCUT2D eigenvalue weighted by atomic mass is 10.1. The van der Waals surface area contributed by atoms with E-state index in [1.54, 1.807) is 14.2 Å². The molecular weight excluding hydrogens is 172 g/mol. The fourth-order valence-electron chi connectivity index (χ4n) is 1.11. The van der Waals surface area contributed by atoms with Crippen molar-refractivity contribution in [3.63, 3.8) is 0 Å². The van der Waals surface area contributed by atoms with Crippen LogP contribution in [0.3, 0.4) is 0 Å². The van der Waals surface area contributed by atoms with Gasteiger partial charge in [0.15, 0.2) is 0 Å². The van der Waals surface area contributed by atoms with E-state index < -0.39 is 0 Å². The van der Waals surface area contributed by atoms with Crippen LogP contribution in [0.4, 0.5) is 0 Å². The molecule has 0 aliphatic carbocycles. The summed E-state index contributed by atoms with van der Waals surface area (Å²) in [7, 11) is 3.20. The summed E-state index contributed by atoms with van der Waals surface area (Å²) in [5.41, 5.74) is 0. The molecule has 4 nitrogen and oxygen atoms in total. The van der Waals surface area contributed by atoms with Crippen molar-refractivity contribution in [1.82, 2.24) is 0 Å². The molecule has 0 heterocycles. The van der Waals surface area contributed by atoms with Crippen molar-refractivity contribution in [1.29, 1.82) is 0 Å². The molecule has 0 amide bonds. The average molecular weight is 190 g/mol. The Morgan fingerprint density at radius 1 is 1.23 bits per heavy atom. The summed E-state index contributed by atoms with van der Waals surface area (Å²) in [6, 6.07) is 0. The van der Waals surface area contributed by atoms with Crippen molar-refractivity contribution < 1.29 is 19.0 Å². The summed E-state index contributed by atoms with van der Waals surface area (Å²) in [4.78, 5) is 10.5. The molecule has 13 heavy (non-hydrogen) atoms. The zero-order valence-electron chi connectivity index (χ0n) is 8.70. The Kier molecular flexibility index (Phi) is 6.54. The third-order valence-electron chi connectivity index (χ3n) is 1.87. The Balaban J connectivity index is 3.92. The van der Waals surface area contributed by atoms with E-state index in [0.29, 0.717) is 0 Å². The lowest BCUT2D eigenvalue weighted by Crippen LogP contribution is -2.34. The van der Waals surface area contributed by atoms with E-state index in [2.05, 4.69) is 0 Å². The lowest BCUT2D eigenvalue weighted by molar-refractivity contribution is -0.148. The maximum atomic E-state index is 10.5. The summed E-state index contributed by atoms with van der Waals surface area (Å²) in [5.74, 6) is -0.298. The van der Waals surface area contributed by atoms with Crippen LogP contribution in [0, 0.1) is 0 Å². The van der Waals surface area contributed by atoms with Gasteiger partial charge in [-0.1, -0.05) is 6.92 Å². The van der Waals surface area contributed by atoms with E-state index in [1.165, 1.54) is 6.92 Å². The van der Waals surface area contributed by atoms with Crippen molar-refractivity contribution >= 4 is 5.97 Å². The molecule has 0 saturated carbocycles. The van der Waals surface area contributed by atoms with E-state index in [-0.39, 0.29) is 24.8 Å². The Labute approximate surface area is 79.2 Å². The highest BCUT2D eigenvalue weighted by atomic mass is 16.6. The predicted octanol–water partition coefficient (Wildman–Crippen LogP) is 0.990. The third-order valence-corrected chi connectivity index (χ3v) is 1.87. The maximum absolute atomic E-state index is 10.5. The maximum Gasteiger partial charge on any atom is 0.302 e. The fraction of sp³-hybridized carbons (Fsp3) is 0.889. The molecule has 0 aliphatic heterocycles. The zero-order valence-corrected chi connectivity index (χ0v) is 8.70. The molecule has 0 radical (unpaired) electrons. The van der Waals surface area contributed by atoms with Crippen LogP contribution >= 0.6 is 0 Å². The van der Waals surface area contributed by atoms with Gasteiger partial charge < -0.3 is 14.2 Å². The van der Waals surface area contributed by atoms with Gasteiger partial charge in [-0.15, -0.1) is 0 Å². The van der Waals surface area contributed by atoms with Crippen LogP contribution in [0.5, 0.6) is 0 Å². The monoisotopic (exact) mass is 190 g/mol. The Hall–Kier alpha value is -0.610. The molecule has 2 unspecified atom stereocenters. The van der Waals surface area contributed by atoms with E-state index >= 15 is 0 Å². The van der Waals surface area contributed by atoms with Gasteiger partial charge >= 0.3 is 5.97 Å². The van der Waals surface area contributed by atoms with Crippen LogP contribution < -0.4 is 0 Å². The second-order valence-electron chi connectivity index (χ2n) is 2.76. The molecule has 0 aromatic heterocycles. The van der Waals surface area contributed by atoms with Gasteiger partial charge in [0.2, 0.25) is 0 Å². The number of ether oxygens (including phenoxy) is 3. The van der Waals surface area contributed by atoms with Gasteiger partial charge in [-0.3, -0.25) is 4.79 Å². The first-order valence-electron chi connectivity index (χ1n) is 4.34. The normalized spacial score (nSPS) is 15.1. The molecule has 0 aromatic rings. The van der Waals surface area contributed by atoms with E-state index in [0.717, 1.165) is 6.42 Å². The minimum absolute atomic E-state index is 0.0238. The Morgan fingerprint density at radius 2 is 1.77 bits per heavy atom. The summed E-state index contributed by atoms with van der Waals surface area (Å²) in [5, 5.41) is 0. The minimum Gasteiger partial charge on any atom is -0.463 e. The van der Waals surface area contributed by atoms with Gasteiger partial charge in [0.25, 0.3) is 0 Å². The molecule has 0 aliphatic rings. The number of hydrogen-bond acceptors (Lipinski definition) is 4. The third kappa shape index (κ3) is 4.85. The average Bonchev–Trinajstić information content (AvgIpc) is 2.11. The standard InChI is InChI=1S/C9H18O4/c1-5-8(11-3)9(12-4)6-13-7(2)10/h8-9H,5-6H2,1-4H3. The van der Waals surface area contributed by atoms with Gasteiger partial charge in [-0.2, -0.15) is 0 Å². The van der Waals surface area contributed by atoms with Crippen molar-refractivity contribution in [2.75, 3.05) is 20.8 Å². The summed E-state index contributed by atoms with van der Waals surface area (Å²) < 4.78 is 15.1. The molecule has 4 heteroatoms. The topological polar surface area (TPSA) is 44.8 Å². The Bertz CT molecular complexity index is 143. The largest absolute Gasteiger partial charge is 0.463 e. The zero-order chi connectivity index (χ0) is 10.3. The van der Waals surface area contributed by atoms with Crippen LogP contribution in [0.15, 0.2) is 0 Å². The summed E-state index contributed by atoms with van der Waals surface area (Å²) >= 11 is 0. The first-order valence-corrected chi connectivity index (χ1v) is 4.34. The van der Waals surface area contributed by atoms with Crippen LogP contribution in [-0.4, -0.2) is 39.0 Å². The number of hydrogen-bond donors (Lipinski definition) is 0. The van der Waals surface area contributed by atoms with Crippen LogP contribution in [0.2, 0.25) is 0 Å². The predicted molar refractivity (Wildman–Crippen MR) is 48.5 cm³/mol. The second kappa shape index (κ2) is 6.86. The number of methoxy groups -OCH3 is 2. The van der Waals surface area contributed by atoms with E-state index in [9.17, 15) is 4.79 Å². The van der Waals surface area contributed by atoms with Gasteiger partial charge in [-0.25, -0.2) is 0 Å². The van der Waals surface area contributed by atoms with Crippen LogP contribution in [0.25, 0.3) is 0 Å². The minimum atomic E-state index is -0.298. The van der Waals surface area contributed by atoms with Gasteiger partial charge in [0.05, 0.1) is 6.10 Å². The molecule has 0 aromatic carbocycles. The molecule has 0 bridgehead atoms.